The summed E-state index contributed by atoms with van der Waals surface area (Å²) in [6, 6.07) is 1.62. The average molecular weight is 321 g/mol. The first-order chi connectivity index (χ1) is 11.1. The molecule has 0 unspecified atom stereocenters. The van der Waals surface area contributed by atoms with Crippen LogP contribution < -0.4 is 4.74 Å². The lowest BCUT2D eigenvalue weighted by atomic mass is 10.1. The quantitative estimate of drug-likeness (QED) is 0.467. The number of methoxy groups -OCH3 is 4. The number of nitrogens with zero attached hydrogens (tertiary/aromatic N) is 1. The Morgan fingerprint density at radius 1 is 1.13 bits per heavy atom. The largest absolute Gasteiger partial charge is 0.496 e. The number of carbonyl (C=O) groups excluding carboxylic acids is 2. The van der Waals surface area contributed by atoms with Gasteiger partial charge in [0.05, 0.1) is 51.7 Å². The summed E-state index contributed by atoms with van der Waals surface area (Å²) >= 11 is 0. The maximum Gasteiger partial charge on any atom is 0.357 e. The fourth-order valence-corrected chi connectivity index (χ4v) is 2.04. The van der Waals surface area contributed by atoms with Crippen molar-refractivity contribution in [2.24, 2.45) is 0 Å². The molecule has 2 heterocycles. The van der Waals surface area contributed by atoms with Crippen molar-refractivity contribution < 1.29 is 33.0 Å². The van der Waals surface area contributed by atoms with Crippen LogP contribution in [0.4, 0.5) is 0 Å². The first kappa shape index (κ1) is 16.3. The summed E-state index contributed by atoms with van der Waals surface area (Å²) in [5.41, 5.74) is 0.254. The van der Waals surface area contributed by atoms with Crippen LogP contribution >= 0.6 is 0 Å². The van der Waals surface area contributed by atoms with Crippen molar-refractivity contribution in [3.8, 4) is 5.75 Å². The van der Waals surface area contributed by atoms with Crippen LogP contribution in [0.15, 0.2) is 22.8 Å². The molecular weight excluding hydrogens is 306 g/mol. The Hall–Kier alpha value is -3.03. The molecule has 0 saturated carbocycles. The highest BCUT2D eigenvalue weighted by Crippen LogP contribution is 2.36. The van der Waals surface area contributed by atoms with Gasteiger partial charge in [-0.3, -0.25) is 0 Å². The number of pyridine rings is 1. The van der Waals surface area contributed by atoms with E-state index in [0.717, 1.165) is 6.08 Å². The van der Waals surface area contributed by atoms with Crippen molar-refractivity contribution in [1.82, 2.24) is 4.98 Å². The van der Waals surface area contributed by atoms with E-state index in [0.29, 0.717) is 5.39 Å². The maximum atomic E-state index is 12.1. The molecule has 0 saturated heterocycles. The molecule has 0 amide bonds. The number of hydrogen-bond acceptors (Lipinski definition) is 8. The number of rotatable bonds is 5. The first-order valence-corrected chi connectivity index (χ1v) is 6.44. The van der Waals surface area contributed by atoms with Crippen molar-refractivity contribution in [2.75, 3.05) is 28.4 Å². The van der Waals surface area contributed by atoms with E-state index in [9.17, 15) is 9.59 Å². The molecule has 0 fully saturated rings. The minimum Gasteiger partial charge on any atom is -0.496 e. The molecule has 0 atom stereocenters. The molecule has 0 aliphatic carbocycles. The third-order valence-electron chi connectivity index (χ3n) is 3.07. The predicted octanol–water partition coefficient (Wildman–Crippen LogP) is 1.78. The minimum atomic E-state index is -0.732. The zero-order valence-corrected chi connectivity index (χ0v) is 13.0. The van der Waals surface area contributed by atoms with E-state index in [1.165, 1.54) is 34.7 Å². The van der Waals surface area contributed by atoms with Crippen molar-refractivity contribution in [1.29, 1.82) is 0 Å². The second-order valence-electron chi connectivity index (χ2n) is 4.24. The number of esters is 2. The van der Waals surface area contributed by atoms with E-state index in [1.54, 1.807) is 6.07 Å². The third kappa shape index (κ3) is 2.96. The van der Waals surface area contributed by atoms with Crippen LogP contribution in [0.25, 0.3) is 16.9 Å². The summed E-state index contributed by atoms with van der Waals surface area (Å²) in [5, 5.41) is 0.517. The summed E-state index contributed by atoms with van der Waals surface area (Å²) in [6.45, 7) is 0. The van der Waals surface area contributed by atoms with Crippen molar-refractivity contribution in [3.63, 3.8) is 0 Å². The second kappa shape index (κ2) is 6.82. The lowest BCUT2D eigenvalue weighted by molar-refractivity contribution is -0.134. The van der Waals surface area contributed by atoms with Crippen molar-refractivity contribution in [3.05, 3.63) is 29.7 Å². The molecule has 8 heteroatoms. The van der Waals surface area contributed by atoms with Crippen LogP contribution in [0.3, 0.4) is 0 Å². The zero-order chi connectivity index (χ0) is 17.0. The van der Waals surface area contributed by atoms with Crippen LogP contribution in [-0.4, -0.2) is 45.4 Å². The number of furan rings is 1. The SMILES string of the molecule is COC(=O)C=C(OC)c1c(C(=O)OC)nc2occc2c1OC. The lowest BCUT2D eigenvalue weighted by Gasteiger charge is -2.14. The van der Waals surface area contributed by atoms with Crippen LogP contribution in [-0.2, 0) is 19.0 Å². The van der Waals surface area contributed by atoms with Crippen molar-refractivity contribution in [2.45, 2.75) is 0 Å². The summed E-state index contributed by atoms with van der Waals surface area (Å²) < 4.78 is 25.1. The Kier molecular flexibility index (Phi) is 4.85. The summed E-state index contributed by atoms with van der Waals surface area (Å²) in [4.78, 5) is 27.7. The molecule has 8 nitrogen and oxygen atoms in total. The van der Waals surface area contributed by atoms with Crippen molar-refractivity contribution >= 4 is 28.8 Å². The molecule has 0 bridgehead atoms. The van der Waals surface area contributed by atoms with E-state index in [1.807, 2.05) is 0 Å². The van der Waals surface area contributed by atoms with Gasteiger partial charge in [0.1, 0.15) is 11.5 Å². The molecule has 2 aromatic heterocycles. The van der Waals surface area contributed by atoms with Crippen LogP contribution in [0.2, 0.25) is 0 Å². The fraction of sp³-hybridized carbons (Fsp3) is 0.267. The number of ether oxygens (including phenoxy) is 4. The topological polar surface area (TPSA) is 97.1 Å². The van der Waals surface area contributed by atoms with E-state index in [-0.39, 0.29) is 28.5 Å². The van der Waals surface area contributed by atoms with Crippen LogP contribution in [0.1, 0.15) is 16.1 Å². The van der Waals surface area contributed by atoms with E-state index >= 15 is 0 Å². The van der Waals surface area contributed by atoms with Crippen LogP contribution in [0.5, 0.6) is 5.75 Å². The molecule has 23 heavy (non-hydrogen) atoms. The molecule has 0 spiro atoms. The maximum absolute atomic E-state index is 12.1. The van der Waals surface area contributed by atoms with Gasteiger partial charge < -0.3 is 23.4 Å². The molecule has 0 N–H and O–H groups in total. The van der Waals surface area contributed by atoms with E-state index in [2.05, 4.69) is 9.72 Å². The van der Waals surface area contributed by atoms with Gasteiger partial charge in [0.15, 0.2) is 5.69 Å². The summed E-state index contributed by atoms with van der Waals surface area (Å²) in [6.07, 6.45) is 2.49. The van der Waals surface area contributed by atoms with E-state index in [4.69, 9.17) is 18.6 Å². The van der Waals surface area contributed by atoms with Gasteiger partial charge in [0, 0.05) is 0 Å². The van der Waals surface area contributed by atoms with Gasteiger partial charge in [-0.05, 0) is 6.07 Å². The monoisotopic (exact) mass is 321 g/mol. The van der Waals surface area contributed by atoms with Gasteiger partial charge in [0.2, 0.25) is 5.71 Å². The number of aromatic nitrogens is 1. The molecule has 0 aliphatic heterocycles. The van der Waals surface area contributed by atoms with E-state index < -0.39 is 11.9 Å². The average Bonchev–Trinajstić information content (AvgIpc) is 3.05. The van der Waals surface area contributed by atoms with Gasteiger partial charge in [0.25, 0.3) is 0 Å². The Balaban J connectivity index is 2.83. The van der Waals surface area contributed by atoms with Gasteiger partial charge in [-0.15, -0.1) is 0 Å². The fourth-order valence-electron chi connectivity index (χ4n) is 2.04. The standard InChI is InChI=1S/C15H15NO7/c1-19-9(7-10(17)20-2)11-12(15(18)22-4)16-14-8(5-6-23-14)13(11)21-3/h5-7H,1-4H3. The number of hydrogen-bond donors (Lipinski definition) is 0. The summed E-state index contributed by atoms with van der Waals surface area (Å²) in [7, 11) is 5.19. The Morgan fingerprint density at radius 2 is 1.87 bits per heavy atom. The van der Waals surface area contributed by atoms with Gasteiger partial charge >= 0.3 is 11.9 Å². The molecule has 2 aromatic rings. The highest BCUT2D eigenvalue weighted by atomic mass is 16.5. The predicted molar refractivity (Wildman–Crippen MR) is 78.9 cm³/mol. The van der Waals surface area contributed by atoms with Gasteiger partial charge in [-0.25, -0.2) is 14.6 Å². The highest BCUT2D eigenvalue weighted by Gasteiger charge is 2.27. The Labute approximate surface area is 131 Å². The Bertz CT molecular complexity index is 775. The van der Waals surface area contributed by atoms with Gasteiger partial charge in [-0.2, -0.15) is 0 Å². The minimum absolute atomic E-state index is 0.0460. The van der Waals surface area contributed by atoms with Gasteiger partial charge in [-0.1, -0.05) is 0 Å². The third-order valence-corrected chi connectivity index (χ3v) is 3.07. The molecular formula is C15H15NO7. The van der Waals surface area contributed by atoms with Crippen LogP contribution in [0, 0.1) is 0 Å². The molecule has 0 aromatic carbocycles. The normalized spacial score (nSPS) is 11.2. The highest BCUT2D eigenvalue weighted by molar-refractivity contribution is 6.02. The lowest BCUT2D eigenvalue weighted by Crippen LogP contribution is -2.11. The molecule has 122 valence electrons. The second-order valence-corrected chi connectivity index (χ2v) is 4.24. The first-order valence-electron chi connectivity index (χ1n) is 6.44. The molecule has 2 rings (SSSR count). The Morgan fingerprint density at radius 3 is 2.43 bits per heavy atom. The molecule has 0 radical (unpaired) electrons. The zero-order valence-electron chi connectivity index (χ0n) is 13.0. The summed E-state index contributed by atoms with van der Waals surface area (Å²) in [5.74, 6) is -1.08. The smallest absolute Gasteiger partial charge is 0.357 e. The number of carbonyl (C=O) groups is 2. The molecule has 0 aliphatic rings. The number of fused-ring (bicyclic) bond motifs is 1.